The average Bonchev–Trinajstić information content (AvgIpc) is 2.20. The lowest BCUT2D eigenvalue weighted by Crippen LogP contribution is -2.29. The van der Waals surface area contributed by atoms with Crippen molar-refractivity contribution in [3.8, 4) is 0 Å². The van der Waals surface area contributed by atoms with Crippen LogP contribution in [0.3, 0.4) is 0 Å². The van der Waals surface area contributed by atoms with Crippen molar-refractivity contribution >= 4 is 33.5 Å². The Morgan fingerprint density at radius 1 is 1.62 bits per heavy atom. The Hall–Kier alpha value is -0.580. The fourth-order valence-electron chi connectivity index (χ4n) is 1.35. The lowest BCUT2D eigenvalue weighted by atomic mass is 10.1. The normalized spacial score (nSPS) is 12.4. The Balaban J connectivity index is 2.96. The van der Waals surface area contributed by atoms with Crippen LogP contribution in [0.2, 0.25) is 5.02 Å². The van der Waals surface area contributed by atoms with Gasteiger partial charge in [-0.1, -0.05) is 40.5 Å². The van der Waals surface area contributed by atoms with E-state index in [4.69, 9.17) is 16.7 Å². The van der Waals surface area contributed by atoms with Crippen molar-refractivity contribution in [2.75, 3.05) is 6.54 Å². The zero-order chi connectivity index (χ0) is 12.1. The van der Waals surface area contributed by atoms with Gasteiger partial charge in [0.15, 0.2) is 0 Å². The summed E-state index contributed by atoms with van der Waals surface area (Å²) in [6.07, 6.45) is 0.884. The second-order valence-electron chi connectivity index (χ2n) is 3.39. The molecule has 0 aliphatic rings. The van der Waals surface area contributed by atoms with Gasteiger partial charge in [0, 0.05) is 9.50 Å². The van der Waals surface area contributed by atoms with Gasteiger partial charge in [0.1, 0.15) is 6.04 Å². The van der Waals surface area contributed by atoms with E-state index in [9.17, 15) is 4.79 Å². The summed E-state index contributed by atoms with van der Waals surface area (Å²) >= 11 is 9.13. The summed E-state index contributed by atoms with van der Waals surface area (Å²) in [7, 11) is 0. The molecule has 1 aromatic carbocycles. The van der Waals surface area contributed by atoms with Crippen LogP contribution in [0.25, 0.3) is 0 Å². The predicted octanol–water partition coefficient (Wildman–Crippen LogP) is 3.23. The molecule has 0 fully saturated rings. The van der Waals surface area contributed by atoms with Gasteiger partial charge in [0.05, 0.1) is 0 Å². The summed E-state index contributed by atoms with van der Waals surface area (Å²) < 4.78 is 0.705. The summed E-state index contributed by atoms with van der Waals surface area (Å²) in [6, 6.07) is 4.39. The highest BCUT2D eigenvalue weighted by Gasteiger charge is 2.21. The smallest absolute Gasteiger partial charge is 0.325 e. The minimum atomic E-state index is -0.892. The molecule has 0 radical (unpaired) electrons. The average molecular weight is 307 g/mol. The predicted molar refractivity (Wildman–Crippen MR) is 67.8 cm³/mol. The van der Waals surface area contributed by atoms with E-state index in [1.807, 2.05) is 6.92 Å². The standard InChI is InChI=1S/C11H13BrClNO2/c1-2-5-14-10(11(15)16)8-4-3-7(13)6-9(8)12/h3-4,6,10,14H,2,5H2,1H3,(H,15,16). The Labute approximate surface area is 108 Å². The molecule has 0 aliphatic heterocycles. The molecule has 0 heterocycles. The third-order valence-electron chi connectivity index (χ3n) is 2.12. The first kappa shape index (κ1) is 13.5. The Morgan fingerprint density at radius 3 is 2.81 bits per heavy atom. The van der Waals surface area contributed by atoms with Crippen LogP contribution in [0.4, 0.5) is 0 Å². The molecule has 2 N–H and O–H groups in total. The second-order valence-corrected chi connectivity index (χ2v) is 4.68. The van der Waals surface area contributed by atoms with E-state index in [0.29, 0.717) is 21.6 Å². The topological polar surface area (TPSA) is 49.3 Å². The Morgan fingerprint density at radius 2 is 2.31 bits per heavy atom. The minimum Gasteiger partial charge on any atom is -0.480 e. The highest BCUT2D eigenvalue weighted by atomic mass is 79.9. The molecule has 0 spiro atoms. The van der Waals surface area contributed by atoms with Gasteiger partial charge in [0.2, 0.25) is 0 Å². The van der Waals surface area contributed by atoms with Crippen molar-refractivity contribution in [3.63, 3.8) is 0 Å². The molecule has 0 amide bonds. The SMILES string of the molecule is CCCNC(C(=O)O)c1ccc(Cl)cc1Br. The Kier molecular flexibility index (Phi) is 5.25. The first-order valence-electron chi connectivity index (χ1n) is 4.97. The number of nitrogens with one attached hydrogen (secondary N) is 1. The molecule has 5 heteroatoms. The number of carboxylic acids is 1. The van der Waals surface area contributed by atoms with Crippen molar-refractivity contribution in [2.24, 2.45) is 0 Å². The maximum Gasteiger partial charge on any atom is 0.325 e. The highest BCUT2D eigenvalue weighted by Crippen LogP contribution is 2.26. The van der Waals surface area contributed by atoms with Gasteiger partial charge in [0.25, 0.3) is 0 Å². The molecule has 1 rings (SSSR count). The van der Waals surface area contributed by atoms with Gasteiger partial charge in [-0.25, -0.2) is 0 Å². The fourth-order valence-corrected chi connectivity index (χ4v) is 2.27. The summed E-state index contributed by atoms with van der Waals surface area (Å²) in [4.78, 5) is 11.1. The summed E-state index contributed by atoms with van der Waals surface area (Å²) in [5, 5.41) is 12.7. The molecule has 0 aliphatic carbocycles. The summed E-state index contributed by atoms with van der Waals surface area (Å²) in [5.41, 5.74) is 0.686. The van der Waals surface area contributed by atoms with E-state index in [2.05, 4.69) is 21.2 Å². The van der Waals surface area contributed by atoms with Crippen molar-refractivity contribution in [1.29, 1.82) is 0 Å². The van der Waals surface area contributed by atoms with E-state index in [-0.39, 0.29) is 0 Å². The molecule has 1 unspecified atom stereocenters. The lowest BCUT2D eigenvalue weighted by Gasteiger charge is -2.15. The van der Waals surface area contributed by atoms with Crippen LogP contribution in [0.1, 0.15) is 24.9 Å². The largest absolute Gasteiger partial charge is 0.480 e. The van der Waals surface area contributed by atoms with Crippen LogP contribution in [0.5, 0.6) is 0 Å². The van der Waals surface area contributed by atoms with Gasteiger partial charge >= 0.3 is 5.97 Å². The Bertz CT molecular complexity index is 384. The van der Waals surface area contributed by atoms with E-state index in [1.165, 1.54) is 0 Å². The zero-order valence-corrected chi connectivity index (χ0v) is 11.2. The van der Waals surface area contributed by atoms with Crippen molar-refractivity contribution in [3.05, 3.63) is 33.3 Å². The van der Waals surface area contributed by atoms with Crippen molar-refractivity contribution in [1.82, 2.24) is 5.32 Å². The number of hydrogen-bond acceptors (Lipinski definition) is 2. The third kappa shape index (κ3) is 3.47. The number of aliphatic carboxylic acids is 1. The lowest BCUT2D eigenvalue weighted by molar-refractivity contribution is -0.139. The molecule has 0 aromatic heterocycles. The van der Waals surface area contributed by atoms with Gasteiger partial charge in [-0.2, -0.15) is 0 Å². The van der Waals surface area contributed by atoms with Crippen LogP contribution in [-0.4, -0.2) is 17.6 Å². The van der Waals surface area contributed by atoms with Gasteiger partial charge in [-0.3, -0.25) is 4.79 Å². The van der Waals surface area contributed by atoms with E-state index < -0.39 is 12.0 Å². The van der Waals surface area contributed by atoms with Crippen LogP contribution in [0.15, 0.2) is 22.7 Å². The molecular formula is C11H13BrClNO2. The quantitative estimate of drug-likeness (QED) is 0.878. The first-order chi connectivity index (χ1) is 7.56. The summed E-state index contributed by atoms with van der Waals surface area (Å²) in [5.74, 6) is -0.892. The van der Waals surface area contributed by atoms with Crippen LogP contribution in [-0.2, 0) is 4.79 Å². The second kappa shape index (κ2) is 6.23. The monoisotopic (exact) mass is 305 g/mol. The number of halogens is 2. The molecule has 1 aromatic rings. The number of benzene rings is 1. The molecule has 3 nitrogen and oxygen atoms in total. The first-order valence-corrected chi connectivity index (χ1v) is 6.14. The number of rotatable bonds is 5. The zero-order valence-electron chi connectivity index (χ0n) is 8.84. The highest BCUT2D eigenvalue weighted by molar-refractivity contribution is 9.10. The molecule has 0 bridgehead atoms. The van der Waals surface area contributed by atoms with Crippen LogP contribution < -0.4 is 5.32 Å². The maximum atomic E-state index is 11.1. The van der Waals surface area contributed by atoms with E-state index >= 15 is 0 Å². The van der Waals surface area contributed by atoms with Gasteiger partial charge < -0.3 is 10.4 Å². The molecule has 88 valence electrons. The minimum absolute atomic E-state index is 0.579. The molecule has 1 atom stereocenters. The van der Waals surface area contributed by atoms with Crippen LogP contribution >= 0.6 is 27.5 Å². The number of carbonyl (C=O) groups is 1. The van der Waals surface area contributed by atoms with Crippen molar-refractivity contribution < 1.29 is 9.90 Å². The third-order valence-corrected chi connectivity index (χ3v) is 3.04. The molecule has 16 heavy (non-hydrogen) atoms. The maximum absolute atomic E-state index is 11.1. The van der Waals surface area contributed by atoms with Gasteiger partial charge in [-0.05, 0) is 30.7 Å². The van der Waals surface area contributed by atoms with E-state index in [1.54, 1.807) is 18.2 Å². The number of hydrogen-bond donors (Lipinski definition) is 2. The van der Waals surface area contributed by atoms with Crippen molar-refractivity contribution in [2.45, 2.75) is 19.4 Å². The van der Waals surface area contributed by atoms with Crippen LogP contribution in [0, 0.1) is 0 Å². The number of carboxylic acid groups (broad SMARTS) is 1. The summed E-state index contributed by atoms with van der Waals surface area (Å²) in [6.45, 7) is 2.65. The van der Waals surface area contributed by atoms with Gasteiger partial charge in [-0.15, -0.1) is 0 Å². The molecular weight excluding hydrogens is 293 g/mol. The fraction of sp³-hybridized carbons (Fsp3) is 0.364. The molecule has 0 saturated heterocycles. The van der Waals surface area contributed by atoms with E-state index in [0.717, 1.165) is 6.42 Å². The molecule has 0 saturated carbocycles.